The highest BCUT2D eigenvalue weighted by molar-refractivity contribution is 6.00. The third kappa shape index (κ3) is 4.90. The van der Waals surface area contributed by atoms with Gasteiger partial charge in [-0.1, -0.05) is 0 Å². The highest BCUT2D eigenvalue weighted by Crippen LogP contribution is 2.30. The van der Waals surface area contributed by atoms with Gasteiger partial charge in [0, 0.05) is 54.3 Å². The summed E-state index contributed by atoms with van der Waals surface area (Å²) >= 11 is 0. The van der Waals surface area contributed by atoms with E-state index in [-0.39, 0.29) is 17.4 Å². The van der Waals surface area contributed by atoms with Crippen molar-refractivity contribution in [1.82, 2.24) is 9.47 Å². The van der Waals surface area contributed by atoms with Gasteiger partial charge in [-0.15, -0.1) is 0 Å². The molecule has 1 aromatic heterocycles. The molecule has 3 saturated heterocycles. The maximum atomic E-state index is 13.4. The van der Waals surface area contributed by atoms with Gasteiger partial charge in [-0.3, -0.25) is 19.1 Å². The molecule has 3 aliphatic rings. The zero-order valence-electron chi connectivity index (χ0n) is 21.5. The molecule has 3 aromatic rings. The Labute approximate surface area is 217 Å². The lowest BCUT2D eigenvalue weighted by Crippen LogP contribution is -2.35. The molecule has 0 spiro atoms. The van der Waals surface area contributed by atoms with Crippen LogP contribution in [0.3, 0.4) is 0 Å². The van der Waals surface area contributed by atoms with Crippen molar-refractivity contribution in [3.05, 3.63) is 64.6 Å². The fraction of sp³-hybridized carbons (Fsp3) is 0.467. The smallest absolute Gasteiger partial charge is 0.262 e. The number of carbonyl (C=O) groups excluding carboxylic acids is 1. The molecule has 4 heterocycles. The van der Waals surface area contributed by atoms with E-state index < -0.39 is 0 Å². The van der Waals surface area contributed by atoms with E-state index in [9.17, 15) is 9.59 Å². The first kappa shape index (κ1) is 24.2. The van der Waals surface area contributed by atoms with Gasteiger partial charge in [-0.25, -0.2) is 0 Å². The minimum Gasteiger partial charge on any atom is -0.491 e. The van der Waals surface area contributed by atoms with Crippen molar-refractivity contribution in [3.63, 3.8) is 0 Å². The molecule has 3 aliphatic heterocycles. The molecular weight excluding hydrogens is 466 g/mol. The molecule has 37 heavy (non-hydrogen) atoms. The first-order valence-electron chi connectivity index (χ1n) is 13.6. The summed E-state index contributed by atoms with van der Waals surface area (Å²) in [5.41, 5.74) is 2.24. The Morgan fingerprint density at radius 3 is 2.68 bits per heavy atom. The first-order chi connectivity index (χ1) is 18.1. The minimum absolute atomic E-state index is 0.0170. The van der Waals surface area contributed by atoms with Crippen LogP contribution in [-0.2, 0) is 4.74 Å². The molecule has 0 saturated carbocycles. The Bertz CT molecular complexity index is 1350. The molecule has 2 atom stereocenters. The van der Waals surface area contributed by atoms with Crippen LogP contribution in [0.4, 0.5) is 5.69 Å². The second-order valence-corrected chi connectivity index (χ2v) is 10.6. The highest BCUT2D eigenvalue weighted by Gasteiger charge is 2.30. The van der Waals surface area contributed by atoms with Crippen molar-refractivity contribution in [1.29, 1.82) is 0 Å². The van der Waals surface area contributed by atoms with E-state index in [1.807, 2.05) is 42.5 Å². The summed E-state index contributed by atoms with van der Waals surface area (Å²) in [4.78, 5) is 31.0. The molecule has 0 radical (unpaired) electrons. The summed E-state index contributed by atoms with van der Waals surface area (Å²) in [5.74, 6) is 0.754. The van der Waals surface area contributed by atoms with Crippen LogP contribution in [0.15, 0.2) is 53.5 Å². The number of Topliss-reactive ketones (excluding diaryl/α,β-unsaturated/α-hetero) is 1. The molecule has 194 valence electrons. The second-order valence-electron chi connectivity index (χ2n) is 10.6. The van der Waals surface area contributed by atoms with Crippen molar-refractivity contribution in [2.24, 2.45) is 0 Å². The minimum atomic E-state index is -0.110. The quantitative estimate of drug-likeness (QED) is 0.447. The molecule has 0 aliphatic carbocycles. The first-order valence-corrected chi connectivity index (χ1v) is 13.6. The third-order valence-electron chi connectivity index (χ3n) is 8.13. The van der Waals surface area contributed by atoms with Gasteiger partial charge < -0.3 is 14.4 Å². The summed E-state index contributed by atoms with van der Waals surface area (Å²) < 4.78 is 13.2. The van der Waals surface area contributed by atoms with Gasteiger partial charge in [0.05, 0.1) is 6.10 Å². The van der Waals surface area contributed by atoms with E-state index in [1.54, 1.807) is 17.7 Å². The predicted molar refractivity (Wildman–Crippen MR) is 145 cm³/mol. The number of aromatic nitrogens is 1. The number of rotatable bonds is 7. The number of nitrogens with zero attached hydrogens (tertiary/aromatic N) is 3. The van der Waals surface area contributed by atoms with Crippen LogP contribution < -0.4 is 15.2 Å². The fourth-order valence-corrected chi connectivity index (χ4v) is 6.08. The number of anilines is 1. The van der Waals surface area contributed by atoms with E-state index in [2.05, 4.69) is 9.80 Å². The van der Waals surface area contributed by atoms with Crippen molar-refractivity contribution in [2.75, 3.05) is 44.3 Å². The number of pyridine rings is 1. The molecule has 7 heteroatoms. The third-order valence-corrected chi connectivity index (χ3v) is 8.13. The van der Waals surface area contributed by atoms with Gasteiger partial charge in [0.2, 0.25) is 0 Å². The number of ketones is 1. The van der Waals surface area contributed by atoms with Crippen molar-refractivity contribution < 1.29 is 14.3 Å². The maximum absolute atomic E-state index is 13.4. The van der Waals surface area contributed by atoms with Crippen LogP contribution in [0, 0.1) is 0 Å². The molecular formula is C30H35N3O4. The normalized spacial score (nSPS) is 22.2. The molecule has 6 rings (SSSR count). The topological polar surface area (TPSA) is 64.0 Å². The van der Waals surface area contributed by atoms with E-state index in [1.165, 1.54) is 25.9 Å². The molecule has 0 bridgehead atoms. The molecule has 0 unspecified atom stereocenters. The predicted octanol–water partition coefficient (Wildman–Crippen LogP) is 4.43. The van der Waals surface area contributed by atoms with Gasteiger partial charge >= 0.3 is 0 Å². The number of ether oxygens (including phenoxy) is 2. The van der Waals surface area contributed by atoms with Crippen LogP contribution in [0.25, 0.3) is 16.5 Å². The lowest BCUT2D eigenvalue weighted by molar-refractivity contribution is 0.0680. The van der Waals surface area contributed by atoms with E-state index >= 15 is 0 Å². The lowest BCUT2D eigenvalue weighted by atomic mass is 10.1. The Morgan fingerprint density at radius 2 is 1.89 bits per heavy atom. The lowest BCUT2D eigenvalue weighted by Gasteiger charge is -2.25. The van der Waals surface area contributed by atoms with Gasteiger partial charge in [-0.2, -0.15) is 0 Å². The van der Waals surface area contributed by atoms with Crippen LogP contribution in [0.5, 0.6) is 5.75 Å². The Kier molecular flexibility index (Phi) is 6.74. The van der Waals surface area contributed by atoms with E-state index in [0.717, 1.165) is 55.8 Å². The van der Waals surface area contributed by atoms with Crippen LogP contribution in [0.2, 0.25) is 0 Å². The monoisotopic (exact) mass is 501 g/mol. The van der Waals surface area contributed by atoms with Crippen LogP contribution >= 0.6 is 0 Å². The summed E-state index contributed by atoms with van der Waals surface area (Å²) in [6, 6.07) is 13.9. The average Bonchev–Trinajstić information content (AvgIpc) is 3.70. The maximum Gasteiger partial charge on any atom is 0.262 e. The van der Waals surface area contributed by atoms with Crippen molar-refractivity contribution in [3.8, 4) is 11.4 Å². The summed E-state index contributed by atoms with van der Waals surface area (Å²) in [5, 5.41) is 1.45. The van der Waals surface area contributed by atoms with Gasteiger partial charge in [0.1, 0.15) is 12.4 Å². The second kappa shape index (κ2) is 10.3. The molecule has 7 nitrogen and oxygen atoms in total. The average molecular weight is 502 g/mol. The standard InChI is InChI=1S/C30H35N3O4/c1-21(34)28-18-23(6-9-29(28)32-14-11-24(19-32)31-12-2-3-13-31)33-15-10-22-17-25(7-8-27(22)30(33)35)37-20-26-5-4-16-36-26/h6-10,15,17-18,24,26H,2-5,11-14,16,19-20H2,1H3/t24-,26-/m1/s1. The van der Waals surface area contributed by atoms with Gasteiger partial charge in [-0.05, 0) is 100.0 Å². The van der Waals surface area contributed by atoms with Crippen molar-refractivity contribution >= 4 is 22.2 Å². The van der Waals surface area contributed by atoms with Gasteiger partial charge in [0.25, 0.3) is 5.56 Å². The summed E-state index contributed by atoms with van der Waals surface area (Å²) in [7, 11) is 0. The van der Waals surface area contributed by atoms with Crippen molar-refractivity contribution in [2.45, 2.75) is 51.2 Å². The number of hydrogen-bond acceptors (Lipinski definition) is 6. The number of fused-ring (bicyclic) bond motifs is 1. The molecule has 3 fully saturated rings. The van der Waals surface area contributed by atoms with E-state index in [0.29, 0.717) is 29.3 Å². The fourth-order valence-electron chi connectivity index (χ4n) is 6.08. The molecule has 0 N–H and O–H groups in total. The van der Waals surface area contributed by atoms with Gasteiger partial charge in [0.15, 0.2) is 5.78 Å². The van der Waals surface area contributed by atoms with Crippen LogP contribution in [0.1, 0.15) is 49.4 Å². The zero-order valence-corrected chi connectivity index (χ0v) is 21.5. The highest BCUT2D eigenvalue weighted by atomic mass is 16.5. The van der Waals surface area contributed by atoms with Crippen LogP contribution in [-0.4, -0.2) is 66.8 Å². The SMILES string of the molecule is CC(=O)c1cc(-n2ccc3cc(OC[C@H]4CCCO4)ccc3c2=O)ccc1N1CC[C@@H](N2CCCC2)C1. The molecule has 2 aromatic carbocycles. The molecule has 0 amide bonds. The largest absolute Gasteiger partial charge is 0.491 e. The zero-order chi connectivity index (χ0) is 25.4. The summed E-state index contributed by atoms with van der Waals surface area (Å²) in [6.07, 6.45) is 7.73. The number of hydrogen-bond donors (Lipinski definition) is 0. The Balaban J connectivity index is 1.25. The number of benzene rings is 2. The Morgan fingerprint density at radius 1 is 1.03 bits per heavy atom. The van der Waals surface area contributed by atoms with E-state index in [4.69, 9.17) is 9.47 Å². The summed E-state index contributed by atoms with van der Waals surface area (Å²) in [6.45, 7) is 7.21. The number of likely N-dealkylation sites (tertiary alicyclic amines) is 1. The number of carbonyl (C=O) groups is 1. The Hall–Kier alpha value is -3.16.